The molecule has 2 atom stereocenters. The van der Waals surface area contributed by atoms with Gasteiger partial charge in [-0.2, -0.15) is 4.31 Å². The lowest BCUT2D eigenvalue weighted by Gasteiger charge is -2.34. The van der Waals surface area contributed by atoms with Crippen molar-refractivity contribution in [2.75, 3.05) is 13.1 Å². The molecule has 6 heteroatoms. The normalized spacial score (nSPS) is 26.2. The van der Waals surface area contributed by atoms with Gasteiger partial charge in [0.2, 0.25) is 10.0 Å². The van der Waals surface area contributed by atoms with Gasteiger partial charge in [-0.3, -0.25) is 0 Å². The Kier molecular flexibility index (Phi) is 3.96. The third-order valence-corrected chi connectivity index (χ3v) is 4.94. The summed E-state index contributed by atoms with van der Waals surface area (Å²) in [5, 5.41) is 0.526. The van der Waals surface area contributed by atoms with Crippen molar-refractivity contribution < 1.29 is 13.2 Å². The molecule has 4 nitrogen and oxygen atoms in total. The molecule has 18 heavy (non-hydrogen) atoms. The van der Waals surface area contributed by atoms with Gasteiger partial charge in [0.05, 0.1) is 17.1 Å². The van der Waals surface area contributed by atoms with Crippen LogP contribution in [0, 0.1) is 0 Å². The van der Waals surface area contributed by atoms with Crippen molar-refractivity contribution in [3.63, 3.8) is 0 Å². The fraction of sp³-hybridized carbons (Fsp3) is 0.500. The zero-order chi connectivity index (χ0) is 13.3. The maximum Gasteiger partial charge on any atom is 0.243 e. The fourth-order valence-electron chi connectivity index (χ4n) is 2.08. The molecule has 1 saturated heterocycles. The van der Waals surface area contributed by atoms with Crippen LogP contribution in [0.1, 0.15) is 13.8 Å². The minimum atomic E-state index is -3.45. The van der Waals surface area contributed by atoms with Gasteiger partial charge in [0, 0.05) is 18.1 Å². The Hall–Kier alpha value is -0.620. The highest BCUT2D eigenvalue weighted by Gasteiger charge is 2.31. The smallest absolute Gasteiger partial charge is 0.243 e. The summed E-state index contributed by atoms with van der Waals surface area (Å²) in [5.41, 5.74) is 0. The highest BCUT2D eigenvalue weighted by atomic mass is 35.5. The van der Waals surface area contributed by atoms with Crippen LogP contribution in [-0.4, -0.2) is 38.0 Å². The van der Waals surface area contributed by atoms with Gasteiger partial charge in [0.1, 0.15) is 0 Å². The molecule has 0 aromatic heterocycles. The van der Waals surface area contributed by atoms with Crippen molar-refractivity contribution in [1.29, 1.82) is 0 Å². The predicted molar refractivity (Wildman–Crippen MR) is 70.2 cm³/mol. The first-order chi connectivity index (χ1) is 8.39. The van der Waals surface area contributed by atoms with Gasteiger partial charge in [0.15, 0.2) is 0 Å². The Bertz CT molecular complexity index is 505. The second-order valence-electron chi connectivity index (χ2n) is 4.53. The van der Waals surface area contributed by atoms with Crippen molar-refractivity contribution in [2.45, 2.75) is 31.0 Å². The van der Waals surface area contributed by atoms with Crippen LogP contribution in [0.4, 0.5) is 0 Å². The van der Waals surface area contributed by atoms with Crippen molar-refractivity contribution in [1.82, 2.24) is 4.31 Å². The van der Waals surface area contributed by atoms with E-state index in [9.17, 15) is 8.42 Å². The van der Waals surface area contributed by atoms with Gasteiger partial charge in [0.25, 0.3) is 0 Å². The summed E-state index contributed by atoms with van der Waals surface area (Å²) in [4.78, 5) is 0.271. The molecule has 2 unspecified atom stereocenters. The molecule has 0 aliphatic carbocycles. The third-order valence-electron chi connectivity index (χ3n) is 2.84. The fourth-order valence-corrected chi connectivity index (χ4v) is 3.80. The van der Waals surface area contributed by atoms with E-state index in [0.29, 0.717) is 18.1 Å². The van der Waals surface area contributed by atoms with Crippen molar-refractivity contribution >= 4 is 21.6 Å². The monoisotopic (exact) mass is 289 g/mol. The number of hydrogen-bond donors (Lipinski definition) is 0. The van der Waals surface area contributed by atoms with E-state index < -0.39 is 10.0 Å². The lowest BCUT2D eigenvalue weighted by atomic mass is 10.3. The van der Waals surface area contributed by atoms with Crippen LogP contribution < -0.4 is 0 Å². The van der Waals surface area contributed by atoms with Gasteiger partial charge in [-0.15, -0.1) is 0 Å². The molecule has 0 amide bonds. The summed E-state index contributed by atoms with van der Waals surface area (Å²) in [6.45, 7) is 4.52. The van der Waals surface area contributed by atoms with E-state index >= 15 is 0 Å². The van der Waals surface area contributed by atoms with Crippen LogP contribution in [0.15, 0.2) is 29.2 Å². The van der Waals surface area contributed by atoms with Gasteiger partial charge in [-0.05, 0) is 38.1 Å². The second kappa shape index (κ2) is 5.17. The Morgan fingerprint density at radius 2 is 1.67 bits per heavy atom. The number of ether oxygens (including phenoxy) is 1. The molecule has 1 fully saturated rings. The number of hydrogen-bond acceptors (Lipinski definition) is 3. The average Bonchev–Trinajstić information content (AvgIpc) is 2.28. The van der Waals surface area contributed by atoms with Crippen molar-refractivity contribution in [3.8, 4) is 0 Å². The summed E-state index contributed by atoms with van der Waals surface area (Å²) in [5.74, 6) is 0. The number of rotatable bonds is 2. The molecule has 0 N–H and O–H groups in total. The molecule has 1 heterocycles. The number of benzene rings is 1. The van der Waals surface area contributed by atoms with Crippen LogP contribution in [0.5, 0.6) is 0 Å². The van der Waals surface area contributed by atoms with E-state index in [1.165, 1.54) is 16.4 Å². The molecule has 0 spiro atoms. The van der Waals surface area contributed by atoms with E-state index in [1.807, 2.05) is 13.8 Å². The Labute approximate surface area is 113 Å². The zero-order valence-electron chi connectivity index (χ0n) is 10.3. The summed E-state index contributed by atoms with van der Waals surface area (Å²) in [6, 6.07) is 6.23. The average molecular weight is 290 g/mol. The quantitative estimate of drug-likeness (QED) is 0.838. The van der Waals surface area contributed by atoms with Crippen LogP contribution in [-0.2, 0) is 14.8 Å². The maximum atomic E-state index is 12.4. The standard InChI is InChI=1S/C12H16ClNO3S/c1-9-7-14(8-10(2)17-9)18(15,16)12-5-3-11(13)4-6-12/h3-6,9-10H,7-8H2,1-2H3. The highest BCUT2D eigenvalue weighted by Crippen LogP contribution is 2.22. The second-order valence-corrected chi connectivity index (χ2v) is 6.91. The molecular formula is C12H16ClNO3S. The Morgan fingerprint density at radius 1 is 1.17 bits per heavy atom. The highest BCUT2D eigenvalue weighted by molar-refractivity contribution is 7.89. The van der Waals surface area contributed by atoms with Crippen molar-refractivity contribution in [2.24, 2.45) is 0 Å². The Morgan fingerprint density at radius 3 is 2.17 bits per heavy atom. The van der Waals surface area contributed by atoms with Gasteiger partial charge in [-0.1, -0.05) is 11.6 Å². The topological polar surface area (TPSA) is 46.6 Å². The molecule has 0 radical (unpaired) electrons. The first kappa shape index (κ1) is 13.8. The molecule has 1 aromatic carbocycles. The third kappa shape index (κ3) is 2.85. The largest absolute Gasteiger partial charge is 0.373 e. The number of morpholine rings is 1. The maximum absolute atomic E-state index is 12.4. The van der Waals surface area contributed by atoms with Gasteiger partial charge < -0.3 is 4.74 Å². The molecule has 2 rings (SSSR count). The molecule has 100 valence electrons. The van der Waals surface area contributed by atoms with Crippen LogP contribution in [0.3, 0.4) is 0 Å². The molecule has 1 aromatic rings. The van der Waals surface area contributed by atoms with Crippen molar-refractivity contribution in [3.05, 3.63) is 29.3 Å². The van der Waals surface area contributed by atoms with Gasteiger partial charge in [-0.25, -0.2) is 8.42 Å². The molecule has 1 aliphatic heterocycles. The summed E-state index contributed by atoms with van der Waals surface area (Å²) in [7, 11) is -3.45. The Balaban J connectivity index is 2.28. The van der Waals surface area contributed by atoms with E-state index in [4.69, 9.17) is 16.3 Å². The molecule has 0 saturated carbocycles. The van der Waals surface area contributed by atoms with Crippen LogP contribution in [0.2, 0.25) is 5.02 Å². The van der Waals surface area contributed by atoms with Crippen LogP contribution in [0.25, 0.3) is 0 Å². The predicted octanol–water partition coefficient (Wildman–Crippen LogP) is 2.14. The lowest BCUT2D eigenvalue weighted by Crippen LogP contribution is -2.48. The van der Waals surface area contributed by atoms with E-state index in [2.05, 4.69) is 0 Å². The first-order valence-electron chi connectivity index (χ1n) is 5.81. The zero-order valence-corrected chi connectivity index (χ0v) is 11.9. The number of halogens is 1. The SMILES string of the molecule is CC1CN(S(=O)(=O)c2ccc(Cl)cc2)CC(C)O1. The summed E-state index contributed by atoms with van der Waals surface area (Å²) in [6.07, 6.45) is -0.174. The minimum Gasteiger partial charge on any atom is -0.373 e. The molecular weight excluding hydrogens is 274 g/mol. The number of sulfonamides is 1. The lowest BCUT2D eigenvalue weighted by molar-refractivity contribution is -0.0440. The minimum absolute atomic E-state index is 0.0872. The molecule has 0 bridgehead atoms. The van der Waals surface area contributed by atoms with E-state index in [1.54, 1.807) is 12.1 Å². The summed E-state index contributed by atoms with van der Waals surface area (Å²) >= 11 is 5.77. The summed E-state index contributed by atoms with van der Waals surface area (Å²) < 4.78 is 31.8. The molecule has 1 aliphatic rings. The van der Waals surface area contributed by atoms with E-state index in [-0.39, 0.29) is 17.1 Å². The first-order valence-corrected chi connectivity index (χ1v) is 7.62. The van der Waals surface area contributed by atoms with E-state index in [0.717, 1.165) is 0 Å². The van der Waals surface area contributed by atoms with Gasteiger partial charge >= 0.3 is 0 Å². The van der Waals surface area contributed by atoms with Crippen LogP contribution >= 0.6 is 11.6 Å². The number of nitrogens with zero attached hydrogens (tertiary/aromatic N) is 1.